The number of aliphatic hydroxyl groups is 1. The second-order valence-electron chi connectivity index (χ2n) is 17.3. The first-order valence-corrected chi connectivity index (χ1v) is 26.0. The van der Waals surface area contributed by atoms with Crippen LogP contribution >= 0.6 is 8.53 Å². The highest BCUT2D eigenvalue weighted by molar-refractivity contribution is 7.44. The molecule has 0 saturated carbocycles. The van der Waals surface area contributed by atoms with Crippen molar-refractivity contribution in [2.75, 3.05) is 60.5 Å². The Balaban J connectivity index is 0.000000724. The highest BCUT2D eigenvalue weighted by Gasteiger charge is 2.28. The molecule has 0 fully saturated rings. The van der Waals surface area contributed by atoms with Crippen LogP contribution in [0.3, 0.4) is 0 Å². The van der Waals surface area contributed by atoms with Gasteiger partial charge >= 0.3 is 0 Å². The zero-order valence-electron chi connectivity index (χ0n) is 42.9. The minimum atomic E-state index is -1.33. The maximum atomic E-state index is 9.12. The van der Waals surface area contributed by atoms with E-state index in [2.05, 4.69) is 72.8 Å². The lowest BCUT2D eigenvalue weighted by molar-refractivity contribution is 0.00246. The summed E-state index contributed by atoms with van der Waals surface area (Å²) in [6.45, 7) is 19.7. The number of hydrogen-bond donors (Lipinski definition) is 1. The number of ether oxygens (including phenoxy) is 6. The summed E-state index contributed by atoms with van der Waals surface area (Å²) in [5.41, 5.74) is 19.8. The number of unbranched alkanes of at least 4 members (excludes halogenated alkanes) is 8. The lowest BCUT2D eigenvalue weighted by Gasteiger charge is -2.35. The average Bonchev–Trinajstić information content (AvgIpc) is 3.34. The highest BCUT2D eigenvalue weighted by Crippen LogP contribution is 2.46. The van der Waals surface area contributed by atoms with Crippen LogP contribution in [0.1, 0.15) is 143 Å². The summed E-state index contributed by atoms with van der Waals surface area (Å²) in [4.78, 5) is 5.73. The molecule has 0 aliphatic rings. The molecule has 3 unspecified atom stereocenters. The third-order valence-electron chi connectivity index (χ3n) is 10.9. The van der Waals surface area contributed by atoms with Gasteiger partial charge in [-0.2, -0.15) is 0 Å². The lowest BCUT2D eigenvalue weighted by atomic mass is 10.1. The van der Waals surface area contributed by atoms with Crippen LogP contribution in [0.2, 0.25) is 0 Å². The first-order chi connectivity index (χ1) is 33.1. The van der Waals surface area contributed by atoms with Crippen LogP contribution < -0.4 is 9.47 Å². The predicted octanol–water partition coefficient (Wildman–Crippen LogP) is 13.6. The fourth-order valence-corrected chi connectivity index (χ4v) is 8.73. The summed E-state index contributed by atoms with van der Waals surface area (Å²) in [5.74, 6) is 1.67. The zero-order valence-corrected chi connectivity index (χ0v) is 43.8. The maximum Gasteiger partial charge on any atom is 0.259 e. The first kappa shape index (κ1) is 62.5. The molecular formula is C51H88N7O9P. The van der Waals surface area contributed by atoms with Crippen LogP contribution in [-0.4, -0.2) is 107 Å². The summed E-state index contributed by atoms with van der Waals surface area (Å²) < 4.78 is 48.7. The van der Waals surface area contributed by atoms with E-state index in [9.17, 15) is 0 Å². The van der Waals surface area contributed by atoms with E-state index in [1.54, 1.807) is 20.3 Å². The minimum Gasteiger partial charge on any atom is -0.497 e. The Morgan fingerprint density at radius 3 is 1.47 bits per heavy atom. The van der Waals surface area contributed by atoms with Crippen molar-refractivity contribution in [2.24, 2.45) is 10.2 Å². The zero-order chi connectivity index (χ0) is 50.0. The second-order valence-corrected chi connectivity index (χ2v) is 18.7. The average molecular weight is 974 g/mol. The van der Waals surface area contributed by atoms with Crippen molar-refractivity contribution >= 4 is 8.53 Å². The molecule has 0 aliphatic heterocycles. The molecule has 1 N–H and O–H groups in total. The molecule has 0 amide bonds. The number of benzene rings is 2. The van der Waals surface area contributed by atoms with Crippen molar-refractivity contribution in [3.05, 3.63) is 93.2 Å². The quantitative estimate of drug-likeness (QED) is 0.0167. The van der Waals surface area contributed by atoms with Gasteiger partial charge in [0.25, 0.3) is 8.53 Å². The molecule has 2 aromatic carbocycles. The molecule has 17 heteroatoms. The molecule has 0 bridgehead atoms. The molecular weight excluding hydrogens is 886 g/mol. The van der Waals surface area contributed by atoms with Crippen LogP contribution in [-0.2, 0) is 41.2 Å². The van der Waals surface area contributed by atoms with Gasteiger partial charge in [0.1, 0.15) is 11.5 Å². The number of azide groups is 2. The maximum absolute atomic E-state index is 9.12. The lowest BCUT2D eigenvalue weighted by Crippen LogP contribution is -2.34. The topological polar surface area (TPSA) is 195 Å². The Labute approximate surface area is 410 Å². The fraction of sp³-hybridized carbons (Fsp3) is 0.725. The van der Waals surface area contributed by atoms with Gasteiger partial charge in [0, 0.05) is 35.1 Å². The Morgan fingerprint density at radius 2 is 1.07 bits per heavy atom. The van der Waals surface area contributed by atoms with Crippen molar-refractivity contribution in [3.63, 3.8) is 0 Å². The smallest absolute Gasteiger partial charge is 0.259 e. The van der Waals surface area contributed by atoms with Crippen LogP contribution in [0.4, 0.5) is 0 Å². The monoisotopic (exact) mass is 974 g/mol. The van der Waals surface area contributed by atoms with Crippen molar-refractivity contribution in [3.8, 4) is 11.5 Å². The summed E-state index contributed by atoms with van der Waals surface area (Å²) in [5, 5.41) is 16.5. The van der Waals surface area contributed by atoms with E-state index < -0.39 is 20.6 Å². The van der Waals surface area contributed by atoms with E-state index in [-0.39, 0.29) is 50.7 Å². The van der Waals surface area contributed by atoms with Gasteiger partial charge in [0.2, 0.25) is 0 Å². The van der Waals surface area contributed by atoms with Crippen molar-refractivity contribution in [1.82, 2.24) is 4.67 Å². The van der Waals surface area contributed by atoms with Crippen molar-refractivity contribution in [1.29, 1.82) is 0 Å². The molecule has 0 aliphatic carbocycles. The third-order valence-corrected chi connectivity index (χ3v) is 12.9. The van der Waals surface area contributed by atoms with E-state index in [1.165, 1.54) is 51.4 Å². The Hall–Kier alpha value is -3.49. The summed E-state index contributed by atoms with van der Waals surface area (Å²) in [7, 11) is 2.00. The van der Waals surface area contributed by atoms with Crippen molar-refractivity contribution < 1.29 is 42.6 Å². The minimum absolute atomic E-state index is 0.101. The second kappa shape index (κ2) is 42.4. The van der Waals surface area contributed by atoms with Gasteiger partial charge in [-0.3, -0.25) is 0 Å². The molecule has 68 heavy (non-hydrogen) atoms. The van der Waals surface area contributed by atoms with E-state index in [0.717, 1.165) is 61.2 Å². The van der Waals surface area contributed by atoms with E-state index in [0.29, 0.717) is 33.0 Å². The number of aliphatic hydroxyl groups excluding tert-OH is 1. The standard InChI is InChI=1S/C30H53N4O5P.C21H35N3O4/c1-8-10-11-12-13-14-30(37-22-27-15-17-29(35-7)18-16-27)19-21-36-23-28(32-33-31)24-39-40(38-20-9-2)34(25(3)4)26(5)6;1-3-4-5-6-7-8-21(13-14-27-17-19(15-25)23-24-22)28-16-18-9-11-20(26-2)12-10-18/h9,15-18,25-26,28,30H,2,8,10-14,19-24H2,1,3-7H3;9-12,19,21,25H,3-8,13-17H2,1-2H3/t28?,30-,40?;19?,21-/m11/s1. The molecule has 2 rings (SSSR count). The largest absolute Gasteiger partial charge is 0.497 e. The summed E-state index contributed by atoms with van der Waals surface area (Å²) in [6, 6.07) is 15.4. The fourth-order valence-electron chi connectivity index (χ4n) is 7.11. The molecule has 0 aromatic heterocycles. The Morgan fingerprint density at radius 1 is 0.632 bits per heavy atom. The Kier molecular flexibility index (Phi) is 39.0. The van der Waals surface area contributed by atoms with Crippen molar-refractivity contribution in [2.45, 2.75) is 181 Å². The van der Waals surface area contributed by atoms with Gasteiger partial charge in [0.15, 0.2) is 0 Å². The van der Waals surface area contributed by atoms with E-state index in [4.69, 9.17) is 53.6 Å². The summed E-state index contributed by atoms with van der Waals surface area (Å²) in [6.07, 6.45) is 17.8. The Bertz CT molecular complexity index is 1590. The van der Waals surface area contributed by atoms with Crippen LogP contribution in [0.25, 0.3) is 20.9 Å². The number of methoxy groups -OCH3 is 2. The van der Waals surface area contributed by atoms with Crippen LogP contribution in [0.5, 0.6) is 11.5 Å². The van der Waals surface area contributed by atoms with Gasteiger partial charge in [0.05, 0.1) is 84.8 Å². The highest BCUT2D eigenvalue weighted by atomic mass is 31.2. The van der Waals surface area contributed by atoms with Crippen LogP contribution in [0.15, 0.2) is 71.4 Å². The van der Waals surface area contributed by atoms with Gasteiger partial charge in [-0.15, -0.1) is 6.58 Å². The molecule has 16 nitrogen and oxygen atoms in total. The van der Waals surface area contributed by atoms with Crippen LogP contribution in [0, 0.1) is 0 Å². The number of rotatable bonds is 42. The molecule has 386 valence electrons. The van der Waals surface area contributed by atoms with Gasteiger partial charge in [-0.25, -0.2) is 4.67 Å². The van der Waals surface area contributed by atoms with Gasteiger partial charge in [-0.1, -0.05) is 119 Å². The summed E-state index contributed by atoms with van der Waals surface area (Å²) >= 11 is 0. The van der Waals surface area contributed by atoms with Gasteiger partial charge < -0.3 is 42.6 Å². The SMILES string of the molecule is C=CCOP(OCC(COCC[C@@H](CCCCCCC)OCc1ccc(OC)cc1)N=[N+]=[N-])N(C(C)C)C(C)C.CCCCCCC[C@H](CCOCC(CO)N=[N+]=[N-])OCc1ccc(OC)cc1. The predicted molar refractivity (Wildman–Crippen MR) is 275 cm³/mol. The number of hydrogen-bond acceptors (Lipinski definition) is 12. The molecule has 0 saturated heterocycles. The third kappa shape index (κ3) is 30.9. The molecule has 0 radical (unpaired) electrons. The molecule has 5 atom stereocenters. The normalized spacial score (nSPS) is 13.5. The van der Waals surface area contributed by atoms with E-state index >= 15 is 0 Å². The molecule has 0 spiro atoms. The van der Waals surface area contributed by atoms with Gasteiger partial charge in [-0.05, 0) is 99.8 Å². The van der Waals surface area contributed by atoms with E-state index in [1.807, 2.05) is 48.5 Å². The molecule has 2 aromatic rings. The first-order valence-electron chi connectivity index (χ1n) is 24.9. The molecule has 0 heterocycles. The number of nitrogens with zero attached hydrogens (tertiary/aromatic N) is 7.